The minimum Gasteiger partial charge on any atom is -0.493 e. The Morgan fingerprint density at radius 2 is 1.78 bits per heavy atom. The maximum absolute atomic E-state index is 13.3. The van der Waals surface area contributed by atoms with Gasteiger partial charge in [-0.25, -0.2) is 4.39 Å². The van der Waals surface area contributed by atoms with Gasteiger partial charge in [0.25, 0.3) is 11.1 Å². The molecule has 0 N–H and O–H groups in total. The van der Waals surface area contributed by atoms with Gasteiger partial charge in [-0.15, -0.1) is 0 Å². The number of halogens is 4. The lowest BCUT2D eigenvalue weighted by atomic mass is 10.1. The number of carbonyl (C=O) groups is 2. The molecule has 3 aromatic rings. The van der Waals surface area contributed by atoms with Crippen LogP contribution in [0.4, 0.5) is 9.18 Å². The van der Waals surface area contributed by atoms with E-state index in [9.17, 15) is 22.4 Å². The molecule has 0 bridgehead atoms. The lowest BCUT2D eigenvalue weighted by Gasteiger charge is -2.14. The first kappa shape index (κ1) is 27.7. The summed E-state index contributed by atoms with van der Waals surface area (Å²) < 4.78 is 49.9. The van der Waals surface area contributed by atoms with Gasteiger partial charge in [0, 0.05) is 10.0 Å². The average Bonchev–Trinajstić information content (AvgIpc) is 3.09. The highest BCUT2D eigenvalue weighted by atomic mass is 127. The summed E-state index contributed by atoms with van der Waals surface area (Å²) in [4.78, 5) is 26.5. The van der Waals surface area contributed by atoms with Crippen LogP contribution >= 0.6 is 57.6 Å². The minimum absolute atomic E-state index is 0.0331. The van der Waals surface area contributed by atoms with Gasteiger partial charge in [0.2, 0.25) is 0 Å². The van der Waals surface area contributed by atoms with E-state index in [1.807, 2.05) is 22.6 Å². The molecule has 1 saturated heterocycles. The fraction of sp³-hybridized carbons (Fsp3) is 0.0833. The van der Waals surface area contributed by atoms with Gasteiger partial charge in [0.15, 0.2) is 11.5 Å². The second-order valence-electron chi connectivity index (χ2n) is 7.53. The van der Waals surface area contributed by atoms with Crippen LogP contribution in [0.5, 0.6) is 11.5 Å². The Hall–Kier alpha value is -2.32. The number of hydrogen-bond acceptors (Lipinski definition) is 7. The van der Waals surface area contributed by atoms with E-state index in [4.69, 9.17) is 32.1 Å². The second-order valence-corrected chi connectivity index (χ2v) is 12.1. The molecule has 37 heavy (non-hydrogen) atoms. The first-order valence-electron chi connectivity index (χ1n) is 10.3. The number of nitrogens with zero attached hydrogens (tertiary/aromatic N) is 1. The van der Waals surface area contributed by atoms with Crippen LogP contribution in [0.15, 0.2) is 64.4 Å². The number of carbonyl (C=O) groups excluding carboxylic acids is 2. The molecule has 0 radical (unpaired) electrons. The molecule has 0 aromatic heterocycles. The molecule has 7 nitrogen and oxygen atoms in total. The molecule has 0 atom stereocenters. The van der Waals surface area contributed by atoms with E-state index in [2.05, 4.69) is 0 Å². The van der Waals surface area contributed by atoms with Crippen molar-refractivity contribution < 1.29 is 31.3 Å². The number of methoxy groups -OCH3 is 1. The van der Waals surface area contributed by atoms with E-state index in [1.54, 1.807) is 6.07 Å². The van der Waals surface area contributed by atoms with Crippen molar-refractivity contribution in [3.8, 4) is 11.5 Å². The molecule has 1 fully saturated rings. The van der Waals surface area contributed by atoms with Gasteiger partial charge in [-0.05, 0) is 100 Å². The smallest absolute Gasteiger partial charge is 0.339 e. The third-order valence-electron chi connectivity index (χ3n) is 5.06. The largest absolute Gasteiger partial charge is 0.493 e. The number of thioether (sulfide) groups is 1. The monoisotopic (exact) mass is 693 g/mol. The molecule has 0 saturated carbocycles. The molecular formula is C24H15Cl2FINO6S2. The number of amides is 2. The van der Waals surface area contributed by atoms with Crippen LogP contribution in [0.3, 0.4) is 0 Å². The molecule has 0 unspecified atom stereocenters. The van der Waals surface area contributed by atoms with Gasteiger partial charge in [0.05, 0.1) is 22.1 Å². The normalized spacial score (nSPS) is 14.9. The standard InChI is InChI=1S/C24H15Cl2FINO6S2/c1-34-20-9-13(8-19(28)22(20)35-37(32,33)17-6-3-15(25)4-7-17)10-21-23(30)29(24(31)36-21)12-14-2-5-16(27)11-18(14)26/h2-11H,12H2,1H3/b21-10-. The summed E-state index contributed by atoms with van der Waals surface area (Å²) >= 11 is 14.5. The van der Waals surface area contributed by atoms with Gasteiger partial charge in [0.1, 0.15) is 10.7 Å². The molecule has 1 heterocycles. The summed E-state index contributed by atoms with van der Waals surface area (Å²) in [7, 11) is -2.84. The van der Waals surface area contributed by atoms with Crippen LogP contribution in [-0.4, -0.2) is 31.6 Å². The Morgan fingerprint density at radius 1 is 1.08 bits per heavy atom. The Balaban J connectivity index is 1.60. The SMILES string of the molecule is COc1cc(/C=C2\SC(=O)N(Cc3ccc(F)cc3Cl)C2=O)cc(I)c1OS(=O)(=O)c1ccc(Cl)cc1. The summed E-state index contributed by atoms with van der Waals surface area (Å²) in [5.41, 5.74) is 0.897. The third-order valence-corrected chi connectivity index (χ3v) is 8.61. The van der Waals surface area contributed by atoms with Crippen LogP contribution in [0.2, 0.25) is 10.0 Å². The molecule has 2 amide bonds. The average molecular weight is 694 g/mol. The molecule has 1 aliphatic rings. The molecule has 192 valence electrons. The van der Waals surface area contributed by atoms with Crippen LogP contribution < -0.4 is 8.92 Å². The zero-order valence-corrected chi connectivity index (χ0v) is 24.0. The summed E-state index contributed by atoms with van der Waals surface area (Å²) in [5.74, 6) is -1.00. The van der Waals surface area contributed by atoms with Crippen molar-refractivity contribution in [2.75, 3.05) is 7.11 Å². The van der Waals surface area contributed by atoms with Gasteiger partial charge in [-0.1, -0.05) is 29.3 Å². The summed E-state index contributed by atoms with van der Waals surface area (Å²) in [6, 6.07) is 12.3. The van der Waals surface area contributed by atoms with Crippen molar-refractivity contribution in [1.82, 2.24) is 4.90 Å². The summed E-state index contributed by atoms with van der Waals surface area (Å²) in [5, 5.41) is -0.0283. The highest BCUT2D eigenvalue weighted by molar-refractivity contribution is 14.1. The van der Waals surface area contributed by atoms with Crippen molar-refractivity contribution in [3.63, 3.8) is 0 Å². The maximum Gasteiger partial charge on any atom is 0.339 e. The zero-order chi connectivity index (χ0) is 26.9. The lowest BCUT2D eigenvalue weighted by molar-refractivity contribution is -0.123. The molecule has 3 aromatic carbocycles. The first-order valence-corrected chi connectivity index (χ1v) is 14.3. The van der Waals surface area contributed by atoms with E-state index in [-0.39, 0.29) is 32.9 Å². The van der Waals surface area contributed by atoms with Gasteiger partial charge in [-0.2, -0.15) is 8.42 Å². The van der Waals surface area contributed by atoms with Crippen LogP contribution in [0, 0.1) is 9.39 Å². The van der Waals surface area contributed by atoms with Crippen LogP contribution in [-0.2, 0) is 21.5 Å². The Bertz CT molecular complexity index is 1550. The molecule has 1 aliphatic heterocycles. The predicted molar refractivity (Wildman–Crippen MR) is 148 cm³/mol. The van der Waals surface area contributed by atoms with Gasteiger partial charge < -0.3 is 8.92 Å². The van der Waals surface area contributed by atoms with Crippen molar-refractivity contribution in [3.05, 3.63) is 90.1 Å². The van der Waals surface area contributed by atoms with Crippen molar-refractivity contribution in [2.45, 2.75) is 11.4 Å². The maximum atomic E-state index is 13.3. The summed E-state index contributed by atoms with van der Waals surface area (Å²) in [6.07, 6.45) is 1.49. The fourth-order valence-corrected chi connectivity index (χ4v) is 6.30. The van der Waals surface area contributed by atoms with Crippen LogP contribution in [0.25, 0.3) is 6.08 Å². The molecule has 13 heteroatoms. The fourth-order valence-electron chi connectivity index (χ4n) is 3.27. The van der Waals surface area contributed by atoms with Crippen molar-refractivity contribution in [1.29, 1.82) is 0 Å². The Kier molecular flexibility index (Phi) is 8.38. The predicted octanol–water partition coefficient (Wildman–Crippen LogP) is 6.75. The second kappa shape index (κ2) is 11.2. The Morgan fingerprint density at radius 3 is 2.43 bits per heavy atom. The molecule has 4 rings (SSSR count). The van der Waals surface area contributed by atoms with E-state index < -0.39 is 27.1 Å². The highest BCUT2D eigenvalue weighted by Gasteiger charge is 2.35. The summed E-state index contributed by atoms with van der Waals surface area (Å²) in [6.45, 7) is -0.114. The number of hydrogen-bond donors (Lipinski definition) is 0. The number of ether oxygens (including phenoxy) is 1. The quantitative estimate of drug-likeness (QED) is 0.154. The van der Waals surface area contributed by atoms with Crippen molar-refractivity contribution >= 4 is 84.9 Å². The topological polar surface area (TPSA) is 90.0 Å². The van der Waals surface area contributed by atoms with Gasteiger partial charge in [-0.3, -0.25) is 14.5 Å². The number of benzene rings is 3. The number of imide groups is 1. The lowest BCUT2D eigenvalue weighted by Crippen LogP contribution is -2.27. The molecule has 0 spiro atoms. The van der Waals surface area contributed by atoms with Gasteiger partial charge >= 0.3 is 10.1 Å². The number of rotatable bonds is 7. The van der Waals surface area contributed by atoms with Crippen LogP contribution in [0.1, 0.15) is 11.1 Å². The van der Waals surface area contributed by atoms with E-state index in [0.717, 1.165) is 22.7 Å². The molecular weight excluding hydrogens is 679 g/mol. The minimum atomic E-state index is -4.18. The highest BCUT2D eigenvalue weighted by Crippen LogP contribution is 2.39. The van der Waals surface area contributed by atoms with E-state index in [1.165, 1.54) is 55.7 Å². The van der Waals surface area contributed by atoms with Crippen molar-refractivity contribution in [2.24, 2.45) is 0 Å². The molecule has 0 aliphatic carbocycles. The third kappa shape index (κ3) is 6.23. The zero-order valence-electron chi connectivity index (χ0n) is 18.7. The Labute approximate surface area is 239 Å². The first-order chi connectivity index (χ1) is 17.5. The van der Waals surface area contributed by atoms with E-state index >= 15 is 0 Å². The van der Waals surface area contributed by atoms with E-state index in [0.29, 0.717) is 19.7 Å².